The van der Waals surface area contributed by atoms with Crippen molar-refractivity contribution in [2.75, 3.05) is 6.54 Å². The molecule has 4 heteroatoms. The molecule has 0 bridgehead atoms. The van der Waals surface area contributed by atoms with E-state index >= 15 is 0 Å². The number of rotatable bonds is 6. The maximum Gasteiger partial charge on any atom is 0.141 e. The summed E-state index contributed by atoms with van der Waals surface area (Å²) in [6, 6.07) is 5.85. The smallest absolute Gasteiger partial charge is 0.141 e. The van der Waals surface area contributed by atoms with Crippen molar-refractivity contribution < 1.29 is 9.15 Å². The maximum absolute atomic E-state index is 5.78. The van der Waals surface area contributed by atoms with Crippen LogP contribution in [0.15, 0.2) is 28.8 Å². The largest absolute Gasteiger partial charge is 0.487 e. The van der Waals surface area contributed by atoms with E-state index in [1.54, 1.807) is 6.20 Å². The zero-order chi connectivity index (χ0) is 13.7. The number of hydrogen-bond acceptors (Lipinski definition) is 4. The number of aromatic nitrogens is 1. The molecule has 2 rings (SSSR count). The molecular weight excluding hydrogens is 240 g/mol. The lowest BCUT2D eigenvalue weighted by atomic mass is 10.2. The third-order valence-corrected chi connectivity index (χ3v) is 2.96. The minimum absolute atomic E-state index is 0.508. The molecule has 2 heterocycles. The highest BCUT2D eigenvalue weighted by molar-refractivity contribution is 5.27. The predicted molar refractivity (Wildman–Crippen MR) is 74.1 cm³/mol. The number of pyridine rings is 1. The molecule has 102 valence electrons. The summed E-state index contributed by atoms with van der Waals surface area (Å²) >= 11 is 0. The molecule has 0 aliphatic heterocycles. The van der Waals surface area contributed by atoms with E-state index in [9.17, 15) is 0 Å². The summed E-state index contributed by atoms with van der Waals surface area (Å²) in [6.45, 7) is 8.17. The lowest BCUT2D eigenvalue weighted by Crippen LogP contribution is -2.10. The number of furan rings is 1. The lowest BCUT2D eigenvalue weighted by Gasteiger charge is -2.06. The van der Waals surface area contributed by atoms with E-state index < -0.39 is 0 Å². The monoisotopic (exact) mass is 260 g/mol. The highest BCUT2D eigenvalue weighted by Gasteiger charge is 2.08. The average Bonchev–Trinajstić information content (AvgIpc) is 2.76. The summed E-state index contributed by atoms with van der Waals surface area (Å²) < 4.78 is 11.5. The molecule has 1 N–H and O–H groups in total. The van der Waals surface area contributed by atoms with E-state index in [0.29, 0.717) is 6.61 Å². The fourth-order valence-electron chi connectivity index (χ4n) is 1.84. The molecule has 0 aliphatic rings. The molecule has 0 saturated carbocycles. The zero-order valence-corrected chi connectivity index (χ0v) is 11.7. The SMILES string of the molecule is CCNCc1cc(COc2cccnc2C)c(C)o1. The molecule has 0 spiro atoms. The first-order chi connectivity index (χ1) is 9.20. The van der Waals surface area contributed by atoms with Crippen LogP contribution in [0.4, 0.5) is 0 Å². The quantitative estimate of drug-likeness (QED) is 0.867. The summed E-state index contributed by atoms with van der Waals surface area (Å²) in [5, 5.41) is 3.24. The van der Waals surface area contributed by atoms with Gasteiger partial charge < -0.3 is 14.5 Å². The average molecular weight is 260 g/mol. The number of ether oxygens (including phenoxy) is 1. The van der Waals surface area contributed by atoms with Gasteiger partial charge in [0.2, 0.25) is 0 Å². The van der Waals surface area contributed by atoms with Gasteiger partial charge in [0, 0.05) is 11.8 Å². The molecule has 2 aromatic rings. The number of aryl methyl sites for hydroxylation is 2. The zero-order valence-electron chi connectivity index (χ0n) is 11.7. The molecule has 0 unspecified atom stereocenters. The predicted octanol–water partition coefficient (Wildman–Crippen LogP) is 2.98. The van der Waals surface area contributed by atoms with Crippen LogP contribution >= 0.6 is 0 Å². The van der Waals surface area contributed by atoms with Crippen molar-refractivity contribution in [3.8, 4) is 5.75 Å². The Morgan fingerprint density at radius 1 is 1.37 bits per heavy atom. The molecule has 4 nitrogen and oxygen atoms in total. The number of nitrogens with one attached hydrogen (secondary N) is 1. The van der Waals surface area contributed by atoms with Crippen LogP contribution in [0.5, 0.6) is 5.75 Å². The Bertz CT molecular complexity index is 535. The van der Waals surface area contributed by atoms with Gasteiger partial charge in [-0.25, -0.2) is 0 Å². The van der Waals surface area contributed by atoms with Crippen molar-refractivity contribution in [3.63, 3.8) is 0 Å². The second-order valence-corrected chi connectivity index (χ2v) is 4.45. The molecule has 0 aromatic carbocycles. The topological polar surface area (TPSA) is 47.3 Å². The minimum Gasteiger partial charge on any atom is -0.487 e. The van der Waals surface area contributed by atoms with E-state index in [4.69, 9.17) is 9.15 Å². The fraction of sp³-hybridized carbons (Fsp3) is 0.400. The molecule has 0 saturated heterocycles. The van der Waals surface area contributed by atoms with E-state index in [2.05, 4.69) is 17.2 Å². The third-order valence-electron chi connectivity index (χ3n) is 2.96. The molecule has 0 aliphatic carbocycles. The van der Waals surface area contributed by atoms with Crippen LogP contribution in [0, 0.1) is 13.8 Å². The Morgan fingerprint density at radius 3 is 2.95 bits per heavy atom. The van der Waals surface area contributed by atoms with E-state index in [1.807, 2.05) is 32.0 Å². The van der Waals surface area contributed by atoms with Crippen LogP contribution < -0.4 is 10.1 Å². The normalized spacial score (nSPS) is 10.7. The summed E-state index contributed by atoms with van der Waals surface area (Å²) in [7, 11) is 0. The Labute approximate surface area is 113 Å². The maximum atomic E-state index is 5.78. The fourth-order valence-corrected chi connectivity index (χ4v) is 1.84. The van der Waals surface area contributed by atoms with Crippen molar-refractivity contribution in [2.24, 2.45) is 0 Å². The first kappa shape index (κ1) is 13.6. The Hall–Kier alpha value is -1.81. The Morgan fingerprint density at radius 2 is 2.21 bits per heavy atom. The van der Waals surface area contributed by atoms with Crippen LogP contribution in [-0.4, -0.2) is 11.5 Å². The second-order valence-electron chi connectivity index (χ2n) is 4.45. The van der Waals surface area contributed by atoms with Crippen molar-refractivity contribution in [1.29, 1.82) is 0 Å². The van der Waals surface area contributed by atoms with Gasteiger partial charge in [-0.05, 0) is 38.6 Å². The molecule has 2 aromatic heterocycles. The molecule has 0 fully saturated rings. The van der Waals surface area contributed by atoms with Crippen molar-refractivity contribution in [2.45, 2.75) is 33.9 Å². The van der Waals surface area contributed by atoms with Crippen LogP contribution in [-0.2, 0) is 13.2 Å². The van der Waals surface area contributed by atoms with Crippen molar-refractivity contribution >= 4 is 0 Å². The van der Waals surface area contributed by atoms with E-state index in [1.165, 1.54) is 0 Å². The first-order valence-electron chi connectivity index (χ1n) is 6.54. The summed E-state index contributed by atoms with van der Waals surface area (Å²) in [5.41, 5.74) is 1.98. The van der Waals surface area contributed by atoms with Crippen LogP contribution in [0.1, 0.15) is 29.7 Å². The van der Waals surface area contributed by atoms with Gasteiger partial charge >= 0.3 is 0 Å². The molecule has 0 amide bonds. The van der Waals surface area contributed by atoms with Gasteiger partial charge in [0.25, 0.3) is 0 Å². The van der Waals surface area contributed by atoms with Gasteiger partial charge in [-0.2, -0.15) is 0 Å². The lowest BCUT2D eigenvalue weighted by molar-refractivity contribution is 0.299. The Kier molecular flexibility index (Phi) is 4.58. The first-order valence-corrected chi connectivity index (χ1v) is 6.54. The number of hydrogen-bond donors (Lipinski definition) is 1. The second kappa shape index (κ2) is 6.38. The van der Waals surface area contributed by atoms with Crippen molar-refractivity contribution in [3.05, 3.63) is 47.2 Å². The highest BCUT2D eigenvalue weighted by atomic mass is 16.5. The highest BCUT2D eigenvalue weighted by Crippen LogP contribution is 2.19. The molecule has 19 heavy (non-hydrogen) atoms. The summed E-state index contributed by atoms with van der Waals surface area (Å²) in [5.74, 6) is 2.67. The van der Waals surface area contributed by atoms with Gasteiger partial charge in [-0.1, -0.05) is 6.92 Å². The van der Waals surface area contributed by atoms with Gasteiger partial charge in [0.1, 0.15) is 23.9 Å². The standard InChI is InChI=1S/C15H20N2O2/c1-4-16-9-14-8-13(12(3)19-14)10-18-15-6-5-7-17-11(15)2/h5-8,16H,4,9-10H2,1-3H3. The van der Waals surface area contributed by atoms with Crippen LogP contribution in [0.2, 0.25) is 0 Å². The summed E-state index contributed by atoms with van der Waals surface area (Å²) in [4.78, 5) is 4.20. The van der Waals surface area contributed by atoms with E-state index in [-0.39, 0.29) is 0 Å². The van der Waals surface area contributed by atoms with E-state index in [0.717, 1.165) is 41.6 Å². The molecular formula is C15H20N2O2. The van der Waals surface area contributed by atoms with Crippen molar-refractivity contribution in [1.82, 2.24) is 10.3 Å². The van der Waals surface area contributed by atoms with Gasteiger partial charge in [0.05, 0.1) is 12.2 Å². The van der Waals surface area contributed by atoms with Gasteiger partial charge in [-0.15, -0.1) is 0 Å². The molecule has 0 radical (unpaired) electrons. The van der Waals surface area contributed by atoms with Crippen LogP contribution in [0.3, 0.4) is 0 Å². The van der Waals surface area contributed by atoms with Crippen LogP contribution in [0.25, 0.3) is 0 Å². The minimum atomic E-state index is 0.508. The van der Waals surface area contributed by atoms with Gasteiger partial charge in [0.15, 0.2) is 0 Å². The Balaban J connectivity index is 1.99. The summed E-state index contributed by atoms with van der Waals surface area (Å²) in [6.07, 6.45) is 1.76. The number of nitrogens with zero attached hydrogens (tertiary/aromatic N) is 1. The molecule has 0 atom stereocenters. The van der Waals surface area contributed by atoms with Gasteiger partial charge in [-0.3, -0.25) is 4.98 Å². The third kappa shape index (κ3) is 3.58.